The standard InChI is InChI=1S/C29H20N2O5/c32-28-23(15-20(16-26(28)31(34)35)14-19-6-2-1-3-7-19)18-30-24-12-10-21(11-13-24)25-17-22-8-4-5-9-27(22)36-29(25)33/h1-13,15-18,32H,14H2. The van der Waals surface area contributed by atoms with E-state index in [9.17, 15) is 20.0 Å². The monoisotopic (exact) mass is 476 g/mol. The number of nitro benzene ring substituents is 1. The first kappa shape index (κ1) is 22.7. The van der Waals surface area contributed by atoms with Crippen LogP contribution in [0.25, 0.3) is 22.1 Å². The quantitative estimate of drug-likeness (QED) is 0.132. The van der Waals surface area contributed by atoms with Crippen LogP contribution in [0.3, 0.4) is 0 Å². The third-order valence-corrected chi connectivity index (χ3v) is 5.80. The lowest BCUT2D eigenvalue weighted by Crippen LogP contribution is -2.02. The van der Waals surface area contributed by atoms with Crippen LogP contribution in [0.1, 0.15) is 16.7 Å². The molecular weight excluding hydrogens is 456 g/mol. The fourth-order valence-corrected chi connectivity index (χ4v) is 4.01. The number of phenols is 1. The van der Waals surface area contributed by atoms with Gasteiger partial charge in [0.1, 0.15) is 5.58 Å². The fraction of sp³-hybridized carbons (Fsp3) is 0.0345. The number of rotatable bonds is 6. The number of aliphatic imine (C=N–C) groups is 1. The van der Waals surface area contributed by atoms with E-state index < -0.39 is 16.3 Å². The van der Waals surface area contributed by atoms with Gasteiger partial charge in [0.15, 0.2) is 0 Å². The minimum Gasteiger partial charge on any atom is -0.502 e. The van der Waals surface area contributed by atoms with Crippen LogP contribution in [0, 0.1) is 10.1 Å². The highest BCUT2D eigenvalue weighted by atomic mass is 16.6. The zero-order chi connectivity index (χ0) is 25.1. The number of hydrogen-bond acceptors (Lipinski definition) is 6. The third kappa shape index (κ3) is 4.76. The lowest BCUT2D eigenvalue weighted by molar-refractivity contribution is -0.385. The van der Waals surface area contributed by atoms with E-state index in [0.717, 1.165) is 10.9 Å². The second-order valence-electron chi connectivity index (χ2n) is 8.26. The van der Waals surface area contributed by atoms with Crippen molar-refractivity contribution in [2.75, 3.05) is 0 Å². The molecule has 0 atom stereocenters. The Kier molecular flexibility index (Phi) is 6.11. The fourth-order valence-electron chi connectivity index (χ4n) is 4.01. The molecule has 1 aromatic heterocycles. The molecule has 7 heteroatoms. The molecule has 0 fully saturated rings. The van der Waals surface area contributed by atoms with E-state index in [2.05, 4.69) is 4.99 Å². The van der Waals surface area contributed by atoms with Crippen LogP contribution < -0.4 is 5.63 Å². The molecule has 0 saturated heterocycles. The van der Waals surface area contributed by atoms with Crippen molar-refractivity contribution in [1.29, 1.82) is 0 Å². The minimum absolute atomic E-state index is 0.245. The van der Waals surface area contributed by atoms with Gasteiger partial charge < -0.3 is 9.52 Å². The number of phenolic OH excluding ortho intramolecular Hbond substituents is 1. The summed E-state index contributed by atoms with van der Waals surface area (Å²) in [4.78, 5) is 27.7. The Hall–Kier alpha value is -5.04. The third-order valence-electron chi connectivity index (χ3n) is 5.80. The van der Waals surface area contributed by atoms with Crippen molar-refractivity contribution >= 4 is 28.6 Å². The summed E-state index contributed by atoms with van der Waals surface area (Å²) in [6, 6.07) is 28.7. The predicted octanol–water partition coefficient (Wildman–Crippen LogP) is 6.42. The molecule has 0 aliphatic rings. The van der Waals surface area contributed by atoms with E-state index in [1.54, 1.807) is 42.5 Å². The summed E-state index contributed by atoms with van der Waals surface area (Å²) in [5, 5.41) is 22.8. The number of fused-ring (bicyclic) bond motifs is 1. The van der Waals surface area contributed by atoms with Gasteiger partial charge in [0.05, 0.1) is 16.2 Å². The molecule has 0 spiro atoms. The van der Waals surface area contributed by atoms with Crippen molar-refractivity contribution in [3.05, 3.63) is 134 Å². The van der Waals surface area contributed by atoms with Crippen LogP contribution in [0.4, 0.5) is 11.4 Å². The first-order valence-electron chi connectivity index (χ1n) is 11.2. The average molecular weight is 476 g/mol. The lowest BCUT2D eigenvalue weighted by Gasteiger charge is -2.07. The molecule has 7 nitrogen and oxygen atoms in total. The van der Waals surface area contributed by atoms with Crippen LogP contribution in [0.15, 0.2) is 111 Å². The summed E-state index contributed by atoms with van der Waals surface area (Å²) in [6.45, 7) is 0. The van der Waals surface area contributed by atoms with Crippen LogP contribution in [-0.2, 0) is 6.42 Å². The zero-order valence-corrected chi connectivity index (χ0v) is 19.0. The van der Waals surface area contributed by atoms with Crippen LogP contribution in [0.5, 0.6) is 5.75 Å². The summed E-state index contributed by atoms with van der Waals surface area (Å²) >= 11 is 0. The van der Waals surface area contributed by atoms with Gasteiger partial charge in [0, 0.05) is 23.2 Å². The molecule has 0 aliphatic heterocycles. The van der Waals surface area contributed by atoms with Gasteiger partial charge in [-0.1, -0.05) is 60.7 Å². The maximum Gasteiger partial charge on any atom is 0.344 e. The summed E-state index contributed by atoms with van der Waals surface area (Å²) in [5.41, 5.74) is 3.31. The molecule has 0 unspecified atom stereocenters. The molecule has 1 N–H and O–H groups in total. The molecule has 176 valence electrons. The Morgan fingerprint density at radius 2 is 1.61 bits per heavy atom. The maximum atomic E-state index is 12.4. The Bertz CT molecular complexity index is 1660. The van der Waals surface area contributed by atoms with Gasteiger partial charge in [-0.15, -0.1) is 0 Å². The highest BCUT2D eigenvalue weighted by molar-refractivity contribution is 5.88. The topological polar surface area (TPSA) is 106 Å². The maximum absolute atomic E-state index is 12.4. The van der Waals surface area contributed by atoms with E-state index in [4.69, 9.17) is 4.42 Å². The number of hydrogen-bond donors (Lipinski definition) is 1. The highest BCUT2D eigenvalue weighted by Crippen LogP contribution is 2.32. The molecule has 36 heavy (non-hydrogen) atoms. The van der Waals surface area contributed by atoms with Gasteiger partial charge in [-0.05, 0) is 53.4 Å². The number of nitro groups is 1. The highest BCUT2D eigenvalue weighted by Gasteiger charge is 2.18. The largest absolute Gasteiger partial charge is 0.502 e. The van der Waals surface area contributed by atoms with Gasteiger partial charge in [0.25, 0.3) is 0 Å². The van der Waals surface area contributed by atoms with Gasteiger partial charge in [0.2, 0.25) is 5.75 Å². The first-order chi connectivity index (χ1) is 17.5. The van der Waals surface area contributed by atoms with Crippen LogP contribution in [0.2, 0.25) is 0 Å². The van der Waals surface area contributed by atoms with E-state index in [1.165, 1.54) is 12.3 Å². The molecule has 5 aromatic rings. The predicted molar refractivity (Wildman–Crippen MR) is 139 cm³/mol. The van der Waals surface area contributed by atoms with Crippen molar-refractivity contribution in [2.45, 2.75) is 6.42 Å². The molecule has 0 radical (unpaired) electrons. The summed E-state index contributed by atoms with van der Waals surface area (Å²) < 4.78 is 5.41. The molecular formula is C29H20N2O5. The molecule has 0 aliphatic carbocycles. The Labute approximate surface area is 205 Å². The van der Waals surface area contributed by atoms with E-state index >= 15 is 0 Å². The molecule has 1 heterocycles. The van der Waals surface area contributed by atoms with E-state index in [1.807, 2.05) is 48.5 Å². The number of para-hydroxylation sites is 1. The van der Waals surface area contributed by atoms with Gasteiger partial charge in [-0.3, -0.25) is 15.1 Å². The minimum atomic E-state index is -0.606. The molecule has 0 amide bonds. The Morgan fingerprint density at radius 3 is 2.36 bits per heavy atom. The van der Waals surface area contributed by atoms with E-state index in [-0.39, 0.29) is 11.3 Å². The Balaban J connectivity index is 1.44. The van der Waals surface area contributed by atoms with E-state index in [0.29, 0.717) is 34.4 Å². The SMILES string of the molecule is O=c1oc2ccccc2cc1-c1ccc(N=Cc2cc(Cc3ccccc3)cc([N+](=O)[O-])c2O)cc1. The van der Waals surface area contributed by atoms with Crippen LogP contribution >= 0.6 is 0 Å². The van der Waals surface area contributed by atoms with Gasteiger partial charge in [-0.25, -0.2) is 4.79 Å². The molecule has 0 saturated carbocycles. The second-order valence-corrected chi connectivity index (χ2v) is 8.26. The molecule has 0 bridgehead atoms. The van der Waals surface area contributed by atoms with Crippen molar-refractivity contribution in [1.82, 2.24) is 0 Å². The Morgan fingerprint density at radius 1 is 0.889 bits per heavy atom. The number of aromatic hydroxyl groups is 1. The summed E-state index contributed by atoms with van der Waals surface area (Å²) in [5.74, 6) is -0.439. The second kappa shape index (κ2) is 9.68. The van der Waals surface area contributed by atoms with Crippen LogP contribution in [-0.4, -0.2) is 16.2 Å². The zero-order valence-electron chi connectivity index (χ0n) is 19.0. The van der Waals surface area contributed by atoms with Crippen molar-refractivity contribution in [3.8, 4) is 16.9 Å². The lowest BCUT2D eigenvalue weighted by atomic mass is 10.0. The molecule has 4 aromatic carbocycles. The van der Waals surface area contributed by atoms with Crippen molar-refractivity contribution in [2.24, 2.45) is 4.99 Å². The number of benzene rings is 4. The van der Waals surface area contributed by atoms with Gasteiger partial charge in [-0.2, -0.15) is 0 Å². The molecule has 5 rings (SSSR count). The first-order valence-corrected chi connectivity index (χ1v) is 11.2. The smallest absolute Gasteiger partial charge is 0.344 e. The number of nitrogens with zero attached hydrogens (tertiary/aromatic N) is 2. The summed E-state index contributed by atoms with van der Waals surface area (Å²) in [6.07, 6.45) is 1.88. The average Bonchev–Trinajstić information content (AvgIpc) is 2.89. The van der Waals surface area contributed by atoms with Crippen molar-refractivity contribution < 1.29 is 14.4 Å². The van der Waals surface area contributed by atoms with Gasteiger partial charge >= 0.3 is 11.3 Å². The summed E-state index contributed by atoms with van der Waals surface area (Å²) in [7, 11) is 0. The van der Waals surface area contributed by atoms with Crippen molar-refractivity contribution in [3.63, 3.8) is 0 Å². The normalized spacial score (nSPS) is 11.2.